The molecule has 16 heavy (non-hydrogen) atoms. The van der Waals surface area contributed by atoms with E-state index in [4.69, 9.17) is 0 Å². The molecule has 2 nitrogen and oxygen atoms in total. The standard InChI is InChI=1S/C13H15NOS/c1-8-4-5-14-7-11(8)13(15)12-6-9(2)10(3)16-12/h4-7,13,15H,1-3H3. The summed E-state index contributed by atoms with van der Waals surface area (Å²) in [6, 6.07) is 3.98. The number of hydrogen-bond donors (Lipinski definition) is 1. The summed E-state index contributed by atoms with van der Waals surface area (Å²) in [5, 5.41) is 10.3. The van der Waals surface area contributed by atoms with Crippen molar-refractivity contribution in [3.8, 4) is 0 Å². The summed E-state index contributed by atoms with van der Waals surface area (Å²) in [6.07, 6.45) is 2.94. The molecule has 2 rings (SSSR count). The van der Waals surface area contributed by atoms with Gasteiger partial charge in [-0.05, 0) is 44.0 Å². The van der Waals surface area contributed by atoms with E-state index in [0.29, 0.717) is 0 Å². The van der Waals surface area contributed by atoms with Crippen LogP contribution in [0.5, 0.6) is 0 Å². The molecule has 0 aromatic carbocycles. The second-order valence-electron chi connectivity index (χ2n) is 4.02. The molecule has 1 atom stereocenters. The van der Waals surface area contributed by atoms with Crippen LogP contribution in [-0.4, -0.2) is 10.1 Å². The van der Waals surface area contributed by atoms with E-state index in [0.717, 1.165) is 16.0 Å². The van der Waals surface area contributed by atoms with Crippen LogP contribution in [0.4, 0.5) is 0 Å². The number of aliphatic hydroxyl groups is 1. The van der Waals surface area contributed by atoms with Crippen molar-refractivity contribution in [1.29, 1.82) is 0 Å². The first-order chi connectivity index (χ1) is 7.59. The van der Waals surface area contributed by atoms with E-state index in [9.17, 15) is 5.11 Å². The Morgan fingerprint density at radius 1 is 1.25 bits per heavy atom. The third-order valence-corrected chi connectivity index (χ3v) is 4.03. The number of aryl methyl sites for hydroxylation is 3. The monoisotopic (exact) mass is 233 g/mol. The van der Waals surface area contributed by atoms with Crippen LogP contribution in [0, 0.1) is 20.8 Å². The zero-order valence-electron chi connectivity index (χ0n) is 9.69. The molecule has 2 heterocycles. The summed E-state index contributed by atoms with van der Waals surface area (Å²) in [5.41, 5.74) is 3.20. The van der Waals surface area contributed by atoms with Gasteiger partial charge in [0, 0.05) is 27.7 Å². The Kier molecular flexibility index (Phi) is 3.08. The molecule has 1 unspecified atom stereocenters. The van der Waals surface area contributed by atoms with Gasteiger partial charge in [-0.25, -0.2) is 0 Å². The van der Waals surface area contributed by atoms with Crippen LogP contribution in [0.25, 0.3) is 0 Å². The molecular formula is C13H15NOS. The molecule has 0 fully saturated rings. The van der Waals surface area contributed by atoms with E-state index in [1.165, 1.54) is 10.4 Å². The van der Waals surface area contributed by atoms with Crippen molar-refractivity contribution in [3.63, 3.8) is 0 Å². The number of rotatable bonds is 2. The summed E-state index contributed by atoms with van der Waals surface area (Å²) < 4.78 is 0. The Balaban J connectivity index is 2.39. The van der Waals surface area contributed by atoms with Crippen LogP contribution in [0.1, 0.15) is 32.5 Å². The Hall–Kier alpha value is -1.19. The van der Waals surface area contributed by atoms with Gasteiger partial charge in [0.15, 0.2) is 0 Å². The highest BCUT2D eigenvalue weighted by molar-refractivity contribution is 7.12. The van der Waals surface area contributed by atoms with Crippen LogP contribution >= 0.6 is 11.3 Å². The molecule has 0 bridgehead atoms. The van der Waals surface area contributed by atoms with Gasteiger partial charge in [0.1, 0.15) is 6.10 Å². The van der Waals surface area contributed by atoms with Crippen molar-refractivity contribution in [2.24, 2.45) is 0 Å². The van der Waals surface area contributed by atoms with Crippen LogP contribution in [0.3, 0.4) is 0 Å². The minimum atomic E-state index is -0.550. The highest BCUT2D eigenvalue weighted by Crippen LogP contribution is 2.31. The number of thiophene rings is 1. The van der Waals surface area contributed by atoms with E-state index in [-0.39, 0.29) is 0 Å². The number of hydrogen-bond acceptors (Lipinski definition) is 3. The van der Waals surface area contributed by atoms with Gasteiger partial charge in [-0.15, -0.1) is 11.3 Å². The molecule has 0 amide bonds. The summed E-state index contributed by atoms with van der Waals surface area (Å²) in [6.45, 7) is 6.14. The van der Waals surface area contributed by atoms with Gasteiger partial charge in [-0.1, -0.05) is 0 Å². The zero-order chi connectivity index (χ0) is 11.7. The van der Waals surface area contributed by atoms with Gasteiger partial charge < -0.3 is 5.11 Å². The molecule has 3 heteroatoms. The maximum absolute atomic E-state index is 10.3. The lowest BCUT2D eigenvalue weighted by atomic mass is 10.0. The van der Waals surface area contributed by atoms with E-state index in [1.54, 1.807) is 23.7 Å². The SMILES string of the molecule is Cc1ccncc1C(O)c1cc(C)c(C)s1. The average Bonchev–Trinajstić information content (AvgIpc) is 2.59. The largest absolute Gasteiger partial charge is 0.383 e. The predicted octanol–water partition coefficient (Wildman–Crippen LogP) is 3.15. The third kappa shape index (κ3) is 2.01. The summed E-state index contributed by atoms with van der Waals surface area (Å²) in [7, 11) is 0. The van der Waals surface area contributed by atoms with Crippen molar-refractivity contribution >= 4 is 11.3 Å². The van der Waals surface area contributed by atoms with Crippen LogP contribution in [0.2, 0.25) is 0 Å². The van der Waals surface area contributed by atoms with Crippen molar-refractivity contribution in [3.05, 3.63) is 51.0 Å². The fraction of sp³-hybridized carbons (Fsp3) is 0.308. The van der Waals surface area contributed by atoms with Crippen molar-refractivity contribution in [2.75, 3.05) is 0 Å². The molecule has 84 valence electrons. The normalized spacial score (nSPS) is 12.8. The van der Waals surface area contributed by atoms with Crippen LogP contribution in [0.15, 0.2) is 24.5 Å². The van der Waals surface area contributed by atoms with E-state index >= 15 is 0 Å². The molecule has 0 radical (unpaired) electrons. The molecule has 2 aromatic heterocycles. The second-order valence-corrected chi connectivity index (χ2v) is 5.31. The van der Waals surface area contributed by atoms with Gasteiger partial charge >= 0.3 is 0 Å². The lowest BCUT2D eigenvalue weighted by molar-refractivity contribution is 0.223. The molecule has 1 N–H and O–H groups in total. The van der Waals surface area contributed by atoms with E-state index in [1.807, 2.05) is 13.0 Å². The number of aliphatic hydroxyl groups excluding tert-OH is 1. The molecule has 0 saturated carbocycles. The number of nitrogens with zero attached hydrogens (tertiary/aromatic N) is 1. The van der Waals surface area contributed by atoms with Gasteiger partial charge in [0.25, 0.3) is 0 Å². The fourth-order valence-electron chi connectivity index (χ4n) is 1.65. The zero-order valence-corrected chi connectivity index (χ0v) is 10.5. The van der Waals surface area contributed by atoms with E-state index in [2.05, 4.69) is 24.9 Å². The molecule has 0 aliphatic carbocycles. The summed E-state index contributed by atoms with van der Waals surface area (Å²) in [5.74, 6) is 0. The highest BCUT2D eigenvalue weighted by atomic mass is 32.1. The Morgan fingerprint density at radius 3 is 2.56 bits per heavy atom. The molecule has 0 aliphatic heterocycles. The first kappa shape index (κ1) is 11.3. The number of pyridine rings is 1. The summed E-state index contributed by atoms with van der Waals surface area (Å²) in [4.78, 5) is 6.32. The first-order valence-corrected chi connectivity index (χ1v) is 6.06. The van der Waals surface area contributed by atoms with Gasteiger partial charge in [0.05, 0.1) is 0 Å². The Morgan fingerprint density at radius 2 is 2.00 bits per heavy atom. The van der Waals surface area contributed by atoms with Gasteiger partial charge in [-0.2, -0.15) is 0 Å². The van der Waals surface area contributed by atoms with Gasteiger partial charge in [0.2, 0.25) is 0 Å². The quantitative estimate of drug-likeness (QED) is 0.864. The molecule has 2 aromatic rings. The fourth-order valence-corrected chi connectivity index (χ4v) is 2.70. The molecule has 0 aliphatic rings. The lowest BCUT2D eigenvalue weighted by Crippen LogP contribution is -2.00. The maximum atomic E-state index is 10.3. The van der Waals surface area contributed by atoms with Crippen LogP contribution in [-0.2, 0) is 0 Å². The van der Waals surface area contributed by atoms with Crippen LogP contribution < -0.4 is 0 Å². The Bertz CT molecular complexity index is 485. The smallest absolute Gasteiger partial charge is 0.115 e. The Labute approximate surface area is 99.6 Å². The third-order valence-electron chi connectivity index (χ3n) is 2.83. The molecular weight excluding hydrogens is 218 g/mol. The topological polar surface area (TPSA) is 33.1 Å². The lowest BCUT2D eigenvalue weighted by Gasteiger charge is -2.10. The molecule has 0 spiro atoms. The summed E-state index contributed by atoms with van der Waals surface area (Å²) >= 11 is 1.65. The molecule has 0 saturated heterocycles. The van der Waals surface area contributed by atoms with E-state index < -0.39 is 6.10 Å². The van der Waals surface area contributed by atoms with Crippen molar-refractivity contribution < 1.29 is 5.11 Å². The second kappa shape index (κ2) is 4.36. The maximum Gasteiger partial charge on any atom is 0.115 e. The minimum absolute atomic E-state index is 0.550. The first-order valence-electron chi connectivity index (χ1n) is 5.25. The van der Waals surface area contributed by atoms with Crippen molar-refractivity contribution in [2.45, 2.75) is 26.9 Å². The number of aromatic nitrogens is 1. The minimum Gasteiger partial charge on any atom is -0.383 e. The predicted molar refractivity (Wildman–Crippen MR) is 66.8 cm³/mol. The highest BCUT2D eigenvalue weighted by Gasteiger charge is 2.15. The van der Waals surface area contributed by atoms with Gasteiger partial charge in [-0.3, -0.25) is 4.98 Å². The van der Waals surface area contributed by atoms with Crippen molar-refractivity contribution in [1.82, 2.24) is 4.98 Å². The average molecular weight is 233 g/mol.